The first-order valence-corrected chi connectivity index (χ1v) is 18.6. The van der Waals surface area contributed by atoms with E-state index in [1.54, 1.807) is 49.4 Å². The molecule has 0 aliphatic heterocycles. The van der Waals surface area contributed by atoms with Crippen LogP contribution in [0.4, 0.5) is 39.8 Å². The van der Waals surface area contributed by atoms with E-state index in [1.807, 2.05) is 0 Å². The topological polar surface area (TPSA) is 281 Å². The number of hydrogen-bond acceptors (Lipinski definition) is 14. The standard InChI is InChI=1S/C35H33N7O11S2/c1-17-12-28(27(16-23(17)36)38-19(3)44)41-39-24-8-6-20(13-29(24)52-4)21-7-9-25(30(14-21)53-5)40-42-34-32(55(49,50)51)15-22-31(54(46,47)48)11-10-26(37-18(2)43)33(22)35(34)45/h6-16,45H,36H2,1-5H3,(H,37,43)(H,38,44)(H,46,47,48)(H,49,50,51). The van der Waals surface area contributed by atoms with Crippen LogP contribution < -0.4 is 25.8 Å². The molecule has 0 spiro atoms. The fraction of sp³-hybridized carbons (Fsp3) is 0.143. The van der Waals surface area contributed by atoms with E-state index in [2.05, 4.69) is 31.1 Å². The largest absolute Gasteiger partial charge is 0.505 e. The number of carbonyl (C=O) groups excluding carboxylic acids is 2. The maximum atomic E-state index is 12.5. The van der Waals surface area contributed by atoms with Crippen molar-refractivity contribution in [1.29, 1.82) is 0 Å². The third kappa shape index (κ3) is 8.68. The lowest BCUT2D eigenvalue weighted by molar-refractivity contribution is -0.115. The van der Waals surface area contributed by atoms with Crippen LogP contribution in [0.5, 0.6) is 17.2 Å². The molecule has 20 heteroatoms. The van der Waals surface area contributed by atoms with Crippen molar-refractivity contribution in [2.45, 2.75) is 30.6 Å². The number of aromatic hydroxyl groups is 1. The Kier molecular flexibility index (Phi) is 11.2. The normalized spacial score (nSPS) is 12.0. The van der Waals surface area contributed by atoms with Crippen molar-refractivity contribution in [2.75, 3.05) is 30.6 Å². The summed E-state index contributed by atoms with van der Waals surface area (Å²) in [4.78, 5) is 21.7. The van der Waals surface area contributed by atoms with E-state index in [9.17, 15) is 40.6 Å². The fourth-order valence-electron chi connectivity index (χ4n) is 5.42. The molecule has 5 aromatic rings. The second-order valence-electron chi connectivity index (χ2n) is 11.8. The van der Waals surface area contributed by atoms with Crippen molar-refractivity contribution >= 4 is 82.6 Å². The highest BCUT2D eigenvalue weighted by Crippen LogP contribution is 2.47. The SMILES string of the molecule is COc1cc(-c2ccc(N=Nc3c(S(=O)(=O)O)cc4c(S(=O)(=O)O)ccc(NC(C)=O)c4c3O)c(OC)c2)ccc1N=Nc1cc(C)c(N)cc1NC(C)=O. The van der Waals surface area contributed by atoms with Crippen molar-refractivity contribution in [3.05, 3.63) is 72.3 Å². The molecule has 286 valence electrons. The van der Waals surface area contributed by atoms with Crippen LogP contribution in [0.3, 0.4) is 0 Å². The third-order valence-electron chi connectivity index (χ3n) is 7.95. The molecular formula is C35H33N7O11S2. The van der Waals surface area contributed by atoms with E-state index < -0.39 is 58.1 Å². The van der Waals surface area contributed by atoms with Crippen LogP contribution in [-0.4, -0.2) is 57.1 Å². The quantitative estimate of drug-likeness (QED) is 0.0435. The van der Waals surface area contributed by atoms with Gasteiger partial charge in [-0.15, -0.1) is 20.5 Å². The first kappa shape index (κ1) is 39.7. The van der Waals surface area contributed by atoms with Crippen LogP contribution in [0, 0.1) is 6.92 Å². The van der Waals surface area contributed by atoms with Gasteiger partial charge in [0.05, 0.1) is 31.0 Å². The molecule has 0 fully saturated rings. The number of anilines is 3. The maximum Gasteiger partial charge on any atom is 0.296 e. The molecule has 0 aliphatic carbocycles. The Labute approximate surface area is 314 Å². The van der Waals surface area contributed by atoms with Gasteiger partial charge in [0.15, 0.2) is 5.75 Å². The molecule has 0 saturated carbocycles. The van der Waals surface area contributed by atoms with Crippen molar-refractivity contribution in [2.24, 2.45) is 20.5 Å². The average Bonchev–Trinajstić information content (AvgIpc) is 3.10. The molecule has 2 amide bonds. The minimum atomic E-state index is -5.21. The Bertz CT molecular complexity index is 2680. The molecule has 18 nitrogen and oxygen atoms in total. The van der Waals surface area contributed by atoms with E-state index >= 15 is 0 Å². The van der Waals surface area contributed by atoms with Crippen LogP contribution in [0.25, 0.3) is 21.9 Å². The van der Waals surface area contributed by atoms with Crippen LogP contribution >= 0.6 is 0 Å². The molecule has 0 aromatic heterocycles. The summed E-state index contributed by atoms with van der Waals surface area (Å²) in [6.45, 7) is 4.28. The second-order valence-corrected chi connectivity index (χ2v) is 14.6. The second kappa shape index (κ2) is 15.5. The van der Waals surface area contributed by atoms with Gasteiger partial charge in [-0.05, 0) is 78.2 Å². The van der Waals surface area contributed by atoms with Gasteiger partial charge < -0.3 is 30.9 Å². The van der Waals surface area contributed by atoms with Gasteiger partial charge in [0, 0.05) is 24.9 Å². The van der Waals surface area contributed by atoms with Gasteiger partial charge in [-0.1, -0.05) is 12.1 Å². The lowest BCUT2D eigenvalue weighted by Gasteiger charge is -2.15. The Hall–Kier alpha value is -6.48. The highest BCUT2D eigenvalue weighted by molar-refractivity contribution is 7.86. The van der Waals surface area contributed by atoms with Gasteiger partial charge >= 0.3 is 0 Å². The summed E-state index contributed by atoms with van der Waals surface area (Å²) < 4.78 is 80.1. The zero-order valence-electron chi connectivity index (χ0n) is 29.6. The van der Waals surface area contributed by atoms with Gasteiger partial charge in [0.1, 0.15) is 44.0 Å². The van der Waals surface area contributed by atoms with E-state index in [1.165, 1.54) is 27.2 Å². The molecule has 0 unspecified atom stereocenters. The summed E-state index contributed by atoms with van der Waals surface area (Å²) >= 11 is 0. The summed E-state index contributed by atoms with van der Waals surface area (Å²) in [5.41, 5.74) is 8.63. The summed E-state index contributed by atoms with van der Waals surface area (Å²) in [6, 6.07) is 15.6. The van der Waals surface area contributed by atoms with Crippen molar-refractivity contribution in [3.63, 3.8) is 0 Å². The summed E-state index contributed by atoms with van der Waals surface area (Å²) in [5.74, 6) is -1.45. The molecule has 55 heavy (non-hydrogen) atoms. The van der Waals surface area contributed by atoms with Crippen molar-refractivity contribution in [3.8, 4) is 28.4 Å². The third-order valence-corrected chi connectivity index (χ3v) is 9.73. The Morgan fingerprint density at radius 1 is 0.673 bits per heavy atom. The van der Waals surface area contributed by atoms with Gasteiger partial charge in [0.2, 0.25) is 11.8 Å². The summed E-state index contributed by atoms with van der Waals surface area (Å²) in [5, 5.41) is 32.0. The number of benzene rings is 5. The zero-order chi connectivity index (χ0) is 40.4. The first-order chi connectivity index (χ1) is 25.8. The maximum absolute atomic E-state index is 12.5. The van der Waals surface area contributed by atoms with Gasteiger partial charge in [0.25, 0.3) is 20.2 Å². The Morgan fingerprint density at radius 3 is 1.69 bits per heavy atom. The molecule has 5 rings (SSSR count). The van der Waals surface area contributed by atoms with E-state index in [0.717, 1.165) is 24.6 Å². The minimum Gasteiger partial charge on any atom is -0.505 e. The Morgan fingerprint density at radius 2 is 1.18 bits per heavy atom. The lowest BCUT2D eigenvalue weighted by atomic mass is 10.0. The van der Waals surface area contributed by atoms with E-state index in [-0.39, 0.29) is 23.0 Å². The van der Waals surface area contributed by atoms with Crippen LogP contribution in [0.1, 0.15) is 19.4 Å². The molecule has 0 radical (unpaired) electrons. The zero-order valence-corrected chi connectivity index (χ0v) is 31.3. The molecule has 5 aromatic carbocycles. The molecule has 0 saturated heterocycles. The number of rotatable bonds is 11. The van der Waals surface area contributed by atoms with Crippen LogP contribution in [0.15, 0.2) is 97.0 Å². The predicted octanol–water partition coefficient (Wildman–Crippen LogP) is 7.36. The molecular weight excluding hydrogens is 759 g/mol. The highest BCUT2D eigenvalue weighted by atomic mass is 32.2. The van der Waals surface area contributed by atoms with Gasteiger partial charge in [-0.25, -0.2) is 0 Å². The molecule has 0 aliphatic rings. The smallest absolute Gasteiger partial charge is 0.296 e. The minimum absolute atomic E-state index is 0.0342. The van der Waals surface area contributed by atoms with Crippen LogP contribution in [0.2, 0.25) is 0 Å². The molecule has 0 bridgehead atoms. The number of hydrogen-bond donors (Lipinski definition) is 6. The number of nitrogen functional groups attached to an aromatic ring is 1. The number of phenols is 1. The number of aryl methyl sites for hydroxylation is 1. The van der Waals surface area contributed by atoms with Crippen molar-refractivity contribution in [1.82, 2.24) is 0 Å². The molecule has 0 heterocycles. The number of methoxy groups -OCH3 is 2. The number of ether oxygens (including phenoxy) is 2. The highest BCUT2D eigenvalue weighted by Gasteiger charge is 2.27. The number of amides is 2. The number of nitrogens with zero attached hydrogens (tertiary/aromatic N) is 4. The molecule has 0 atom stereocenters. The lowest BCUT2D eigenvalue weighted by Crippen LogP contribution is -2.08. The van der Waals surface area contributed by atoms with Gasteiger partial charge in [-0.2, -0.15) is 16.8 Å². The first-order valence-electron chi connectivity index (χ1n) is 15.7. The van der Waals surface area contributed by atoms with Crippen molar-refractivity contribution < 1.29 is 50.1 Å². The monoisotopic (exact) mass is 791 g/mol. The van der Waals surface area contributed by atoms with Crippen LogP contribution in [-0.2, 0) is 29.8 Å². The number of azo groups is 2. The van der Waals surface area contributed by atoms with E-state index in [0.29, 0.717) is 45.7 Å². The molecule has 7 N–H and O–H groups in total. The predicted molar refractivity (Wildman–Crippen MR) is 203 cm³/mol. The van der Waals surface area contributed by atoms with Gasteiger partial charge in [-0.3, -0.25) is 18.7 Å². The summed E-state index contributed by atoms with van der Waals surface area (Å²) in [7, 11) is -7.41. The average molecular weight is 792 g/mol. The number of phenolic OH excluding ortho intramolecular Hbond substituents is 1. The fourth-order valence-corrected chi connectivity index (χ4v) is 6.75. The Balaban J connectivity index is 1.55. The number of carbonyl (C=O) groups is 2. The number of nitrogens with two attached hydrogens (primary N) is 1. The number of nitrogens with one attached hydrogen (secondary N) is 2. The number of fused-ring (bicyclic) bond motifs is 1. The van der Waals surface area contributed by atoms with E-state index in [4.69, 9.17) is 15.2 Å². The summed E-state index contributed by atoms with van der Waals surface area (Å²) in [6.07, 6.45) is 0.